The first-order chi connectivity index (χ1) is 10.9. The third-order valence-corrected chi connectivity index (χ3v) is 5.03. The monoisotopic (exact) mass is 320 g/mol. The average molecular weight is 320 g/mol. The number of hydrogen-bond acceptors (Lipinski definition) is 3. The van der Waals surface area contributed by atoms with Gasteiger partial charge in [-0.3, -0.25) is 0 Å². The molecule has 2 aliphatic rings. The Morgan fingerprint density at radius 3 is 2.52 bits per heavy atom. The van der Waals surface area contributed by atoms with Gasteiger partial charge in [0.15, 0.2) is 0 Å². The molecule has 23 heavy (non-hydrogen) atoms. The summed E-state index contributed by atoms with van der Waals surface area (Å²) in [5.41, 5.74) is 0.889. The lowest BCUT2D eigenvalue weighted by Gasteiger charge is -2.56. The van der Waals surface area contributed by atoms with Crippen molar-refractivity contribution in [3.8, 4) is 0 Å². The summed E-state index contributed by atoms with van der Waals surface area (Å²) in [7, 11) is 0. The Morgan fingerprint density at radius 1 is 1.17 bits per heavy atom. The van der Waals surface area contributed by atoms with Gasteiger partial charge in [-0.05, 0) is 30.2 Å². The van der Waals surface area contributed by atoms with E-state index >= 15 is 0 Å². The van der Waals surface area contributed by atoms with Gasteiger partial charge in [0.1, 0.15) is 0 Å². The minimum absolute atomic E-state index is 0.0516. The number of nitrogens with zero attached hydrogens (tertiary/aromatic N) is 2. The van der Waals surface area contributed by atoms with Crippen LogP contribution in [0.1, 0.15) is 43.2 Å². The van der Waals surface area contributed by atoms with Gasteiger partial charge in [0, 0.05) is 19.3 Å². The maximum absolute atomic E-state index is 13.0. The van der Waals surface area contributed by atoms with Crippen molar-refractivity contribution in [3.63, 3.8) is 0 Å². The fourth-order valence-corrected chi connectivity index (χ4v) is 4.00. The van der Waals surface area contributed by atoms with Crippen LogP contribution in [0.15, 0.2) is 39.5 Å². The highest BCUT2D eigenvalue weighted by Gasteiger charge is 2.62. The third kappa shape index (κ3) is 2.71. The lowest BCUT2D eigenvalue weighted by atomic mass is 9.52. The molecule has 122 valence electrons. The predicted octanol–water partition coefficient (Wildman–Crippen LogP) is 3.37. The predicted molar refractivity (Wildman–Crippen MR) is 79.5 cm³/mol. The largest absolute Gasteiger partial charge is 0.437 e. The number of alkyl halides is 2. The van der Waals surface area contributed by atoms with Gasteiger partial charge in [-0.15, -0.1) is 5.10 Å². The Balaban J connectivity index is 1.38. The average Bonchev–Trinajstić information content (AvgIpc) is 2.81. The Kier molecular flexibility index (Phi) is 3.18. The van der Waals surface area contributed by atoms with Crippen molar-refractivity contribution in [2.24, 2.45) is 5.41 Å². The summed E-state index contributed by atoms with van der Waals surface area (Å²) in [5, 5.41) is 4.26. The van der Waals surface area contributed by atoms with Crippen LogP contribution >= 0.6 is 0 Å². The zero-order chi connectivity index (χ0) is 16.1. The number of aromatic nitrogens is 2. The Labute approximate surface area is 132 Å². The zero-order valence-corrected chi connectivity index (χ0v) is 12.7. The fraction of sp³-hybridized carbons (Fsp3) is 0.529. The second-order valence-corrected chi connectivity index (χ2v) is 6.96. The number of rotatable bonds is 4. The molecule has 1 aromatic carbocycles. The summed E-state index contributed by atoms with van der Waals surface area (Å²) in [4.78, 5) is 11.9. The van der Waals surface area contributed by atoms with Crippen LogP contribution in [-0.2, 0) is 12.8 Å². The van der Waals surface area contributed by atoms with E-state index in [0.717, 1.165) is 12.0 Å². The van der Waals surface area contributed by atoms with Crippen LogP contribution in [0.25, 0.3) is 0 Å². The molecule has 2 saturated carbocycles. The van der Waals surface area contributed by atoms with Crippen molar-refractivity contribution in [2.45, 2.75) is 50.5 Å². The minimum Gasteiger partial charge on any atom is -0.392 e. The van der Waals surface area contributed by atoms with Gasteiger partial charge in [-0.25, -0.2) is 13.6 Å². The Hall–Kier alpha value is -1.98. The first-order valence-electron chi connectivity index (χ1n) is 7.95. The summed E-state index contributed by atoms with van der Waals surface area (Å²) in [6.07, 6.45) is 2.41. The molecule has 0 N–H and O–H groups in total. The van der Waals surface area contributed by atoms with E-state index < -0.39 is 11.7 Å². The normalized spacial score (nSPS) is 21.8. The topological polar surface area (TPSA) is 48.0 Å². The molecule has 0 aliphatic heterocycles. The molecule has 1 heterocycles. The van der Waals surface area contributed by atoms with E-state index in [9.17, 15) is 13.6 Å². The van der Waals surface area contributed by atoms with E-state index in [4.69, 9.17) is 4.42 Å². The van der Waals surface area contributed by atoms with E-state index in [2.05, 4.69) is 5.10 Å². The van der Waals surface area contributed by atoms with Crippen LogP contribution in [0.3, 0.4) is 0 Å². The van der Waals surface area contributed by atoms with E-state index in [1.54, 1.807) is 0 Å². The van der Waals surface area contributed by atoms with Crippen LogP contribution < -0.4 is 5.76 Å². The molecule has 6 heteroatoms. The lowest BCUT2D eigenvalue weighted by Crippen LogP contribution is -2.54. The number of halogens is 2. The van der Waals surface area contributed by atoms with Gasteiger partial charge in [-0.2, -0.15) is 4.68 Å². The molecule has 4 rings (SSSR count). The molecule has 0 bridgehead atoms. The van der Waals surface area contributed by atoms with Crippen LogP contribution in [0.5, 0.6) is 0 Å². The fourth-order valence-electron chi connectivity index (χ4n) is 4.00. The molecule has 0 radical (unpaired) electrons. The zero-order valence-electron chi connectivity index (χ0n) is 12.7. The van der Waals surface area contributed by atoms with Crippen molar-refractivity contribution in [1.82, 2.24) is 9.78 Å². The van der Waals surface area contributed by atoms with Crippen molar-refractivity contribution in [1.29, 1.82) is 0 Å². The smallest absolute Gasteiger partial charge is 0.392 e. The molecular weight excluding hydrogens is 302 g/mol. The first-order valence-corrected chi connectivity index (χ1v) is 7.95. The molecule has 1 aromatic heterocycles. The van der Waals surface area contributed by atoms with E-state index in [1.165, 1.54) is 4.68 Å². The maximum atomic E-state index is 13.0. The summed E-state index contributed by atoms with van der Waals surface area (Å²) in [6, 6.07) is 9.82. The quantitative estimate of drug-likeness (QED) is 0.868. The summed E-state index contributed by atoms with van der Waals surface area (Å²) >= 11 is 0. The van der Waals surface area contributed by atoms with Gasteiger partial charge in [0.05, 0.1) is 6.04 Å². The Bertz CT molecular complexity index is 750. The molecule has 0 amide bonds. The summed E-state index contributed by atoms with van der Waals surface area (Å²) in [6.45, 7) is 0. The van der Waals surface area contributed by atoms with Crippen molar-refractivity contribution < 1.29 is 13.2 Å². The SMILES string of the molecule is O=c1oc(CCc2ccccc2)nn1C1CC2(C1)CC(F)(F)C2. The summed E-state index contributed by atoms with van der Waals surface area (Å²) in [5.74, 6) is -2.57. The van der Waals surface area contributed by atoms with Crippen LogP contribution in [0, 0.1) is 5.41 Å². The second kappa shape index (κ2) is 5.01. The molecule has 2 aromatic rings. The van der Waals surface area contributed by atoms with Gasteiger partial charge in [-0.1, -0.05) is 30.3 Å². The number of hydrogen-bond donors (Lipinski definition) is 0. The number of aryl methyl sites for hydroxylation is 2. The third-order valence-electron chi connectivity index (χ3n) is 5.03. The van der Waals surface area contributed by atoms with Crippen molar-refractivity contribution in [2.75, 3.05) is 0 Å². The summed E-state index contributed by atoms with van der Waals surface area (Å²) < 4.78 is 32.6. The Morgan fingerprint density at radius 2 is 1.87 bits per heavy atom. The molecule has 1 spiro atoms. The molecule has 2 fully saturated rings. The standard InChI is InChI=1S/C17H18F2N2O2/c18-17(19)10-16(11-17)8-13(9-16)21-15(22)23-14(20-21)7-6-12-4-2-1-3-5-12/h1-5,13H,6-11H2. The molecule has 0 unspecified atom stereocenters. The van der Waals surface area contributed by atoms with Gasteiger partial charge in [0.2, 0.25) is 11.8 Å². The highest BCUT2D eigenvalue weighted by molar-refractivity contribution is 5.15. The van der Waals surface area contributed by atoms with Crippen molar-refractivity contribution >= 4 is 0 Å². The maximum Gasteiger partial charge on any atom is 0.437 e. The van der Waals surface area contributed by atoms with E-state index in [0.29, 0.717) is 25.2 Å². The molecule has 4 nitrogen and oxygen atoms in total. The molecule has 0 atom stereocenters. The number of benzene rings is 1. The second-order valence-electron chi connectivity index (χ2n) is 6.96. The minimum atomic E-state index is -2.51. The first kappa shape index (κ1) is 14.6. The van der Waals surface area contributed by atoms with Gasteiger partial charge in [0.25, 0.3) is 0 Å². The van der Waals surface area contributed by atoms with Crippen LogP contribution in [-0.4, -0.2) is 15.7 Å². The molecule has 0 saturated heterocycles. The van der Waals surface area contributed by atoms with Gasteiger partial charge < -0.3 is 4.42 Å². The van der Waals surface area contributed by atoms with E-state index in [-0.39, 0.29) is 24.3 Å². The van der Waals surface area contributed by atoms with Crippen LogP contribution in [0.2, 0.25) is 0 Å². The van der Waals surface area contributed by atoms with Crippen molar-refractivity contribution in [3.05, 3.63) is 52.3 Å². The van der Waals surface area contributed by atoms with Gasteiger partial charge >= 0.3 is 5.76 Å². The van der Waals surface area contributed by atoms with E-state index in [1.807, 2.05) is 30.3 Å². The lowest BCUT2D eigenvalue weighted by molar-refractivity contribution is -0.204. The molecule has 2 aliphatic carbocycles. The highest BCUT2D eigenvalue weighted by Crippen LogP contribution is 2.65. The highest BCUT2D eigenvalue weighted by atomic mass is 19.3. The molecular formula is C17H18F2N2O2. The van der Waals surface area contributed by atoms with Crippen LogP contribution in [0.4, 0.5) is 8.78 Å².